The number of hydrogen-bond donors (Lipinski definition) is 2. The van der Waals surface area contributed by atoms with Gasteiger partial charge in [0, 0.05) is 18.3 Å². The van der Waals surface area contributed by atoms with Crippen molar-refractivity contribution in [1.29, 1.82) is 0 Å². The zero-order valence-corrected chi connectivity index (χ0v) is 14.8. The summed E-state index contributed by atoms with van der Waals surface area (Å²) in [5, 5.41) is 10.2. The molecule has 0 aliphatic heterocycles. The first-order valence-electron chi connectivity index (χ1n) is 6.80. The van der Waals surface area contributed by atoms with Crippen LogP contribution >= 0.6 is 17.0 Å². The molecule has 1 aromatic carbocycles. The lowest BCUT2D eigenvalue weighted by molar-refractivity contribution is 0.0524. The molecule has 0 fully saturated rings. The molecule has 0 aliphatic rings. The number of nitrogen functional groups attached to an aromatic ring is 1. The lowest BCUT2D eigenvalue weighted by Crippen LogP contribution is -2.07. The van der Waals surface area contributed by atoms with Crippen LogP contribution in [0, 0.1) is 13.8 Å². The highest BCUT2D eigenvalue weighted by atomic mass is 79.9. The van der Waals surface area contributed by atoms with Crippen molar-refractivity contribution >= 4 is 28.6 Å². The third-order valence-corrected chi connectivity index (χ3v) is 3.73. The molecule has 0 bridgehead atoms. The summed E-state index contributed by atoms with van der Waals surface area (Å²) in [6, 6.07) is 5.19. The Morgan fingerprint density at radius 2 is 2.00 bits per heavy atom. The van der Waals surface area contributed by atoms with Gasteiger partial charge >= 0.3 is 5.97 Å². The van der Waals surface area contributed by atoms with Crippen molar-refractivity contribution < 1.29 is 14.6 Å². The molecule has 120 valence electrons. The van der Waals surface area contributed by atoms with Crippen molar-refractivity contribution in [1.82, 2.24) is 4.57 Å². The zero-order valence-electron chi connectivity index (χ0n) is 13.1. The minimum Gasteiger partial charge on any atom is -0.505 e. The van der Waals surface area contributed by atoms with Crippen molar-refractivity contribution in [2.45, 2.75) is 20.8 Å². The Balaban J connectivity index is 0.00000242. The first kappa shape index (κ1) is 18.1. The summed E-state index contributed by atoms with van der Waals surface area (Å²) in [5.74, 6) is -0.325. The van der Waals surface area contributed by atoms with Crippen molar-refractivity contribution in [2.75, 3.05) is 12.3 Å². The van der Waals surface area contributed by atoms with Crippen LogP contribution in [0.4, 0.5) is 5.69 Å². The molecular formula is C16H21BrN2O3. The summed E-state index contributed by atoms with van der Waals surface area (Å²) in [7, 11) is 1.85. The van der Waals surface area contributed by atoms with E-state index in [9.17, 15) is 9.90 Å². The fraction of sp³-hybridized carbons (Fsp3) is 0.312. The maximum atomic E-state index is 12.1. The van der Waals surface area contributed by atoms with Gasteiger partial charge in [0.2, 0.25) is 0 Å². The van der Waals surface area contributed by atoms with Gasteiger partial charge in [-0.15, -0.1) is 17.0 Å². The van der Waals surface area contributed by atoms with E-state index in [4.69, 9.17) is 10.5 Å². The maximum absolute atomic E-state index is 12.1. The molecule has 2 rings (SSSR count). The summed E-state index contributed by atoms with van der Waals surface area (Å²) in [6.45, 7) is 5.80. The Labute approximate surface area is 140 Å². The number of phenolic OH excluding ortho intramolecular Hbond substituents is 1. The van der Waals surface area contributed by atoms with E-state index in [-0.39, 0.29) is 28.7 Å². The van der Waals surface area contributed by atoms with Crippen LogP contribution in [0.25, 0.3) is 11.3 Å². The molecule has 0 atom stereocenters. The van der Waals surface area contributed by atoms with Crippen LogP contribution < -0.4 is 5.73 Å². The molecule has 1 aromatic heterocycles. The van der Waals surface area contributed by atoms with Crippen LogP contribution in [0.15, 0.2) is 18.2 Å². The van der Waals surface area contributed by atoms with Gasteiger partial charge in [-0.05, 0) is 38.5 Å². The van der Waals surface area contributed by atoms with Crippen molar-refractivity contribution in [3.05, 3.63) is 35.0 Å². The summed E-state index contributed by atoms with van der Waals surface area (Å²) in [4.78, 5) is 12.1. The van der Waals surface area contributed by atoms with E-state index in [1.165, 1.54) is 0 Å². The lowest BCUT2D eigenvalue weighted by Gasteiger charge is -2.10. The van der Waals surface area contributed by atoms with E-state index in [1.807, 2.05) is 25.5 Å². The molecular weight excluding hydrogens is 348 g/mol. The number of benzene rings is 1. The zero-order chi connectivity index (χ0) is 15.7. The Hall–Kier alpha value is -1.95. The minimum absolute atomic E-state index is 0. The number of esters is 1. The molecule has 0 unspecified atom stereocenters. The molecule has 2 aromatic rings. The van der Waals surface area contributed by atoms with Gasteiger partial charge in [-0.3, -0.25) is 0 Å². The van der Waals surface area contributed by atoms with Crippen molar-refractivity contribution in [2.24, 2.45) is 7.05 Å². The quantitative estimate of drug-likeness (QED) is 0.494. The third-order valence-electron chi connectivity index (χ3n) is 3.73. The van der Waals surface area contributed by atoms with E-state index >= 15 is 0 Å². The standard InChI is InChI=1S/C16H20N2O3.BrH/c1-5-21-16(20)13-9(2)14(18(4)10(13)3)11-7-6-8-12(17)15(11)19;/h6-8,19H,5,17H2,1-4H3;1H. The molecule has 0 amide bonds. The maximum Gasteiger partial charge on any atom is 0.340 e. The molecule has 22 heavy (non-hydrogen) atoms. The molecule has 6 heteroatoms. The van der Waals surface area contributed by atoms with Gasteiger partial charge in [-0.2, -0.15) is 0 Å². The van der Waals surface area contributed by atoms with E-state index in [1.54, 1.807) is 25.1 Å². The number of hydrogen-bond acceptors (Lipinski definition) is 4. The fourth-order valence-electron chi connectivity index (χ4n) is 2.62. The van der Waals surface area contributed by atoms with Crippen molar-refractivity contribution in [3.8, 4) is 17.0 Å². The lowest BCUT2D eigenvalue weighted by atomic mass is 10.0. The first-order valence-corrected chi connectivity index (χ1v) is 6.80. The number of anilines is 1. The van der Waals surface area contributed by atoms with Gasteiger partial charge in [0.05, 0.1) is 23.6 Å². The number of aromatic nitrogens is 1. The number of nitrogens with two attached hydrogens (primary N) is 1. The molecule has 0 saturated heterocycles. The smallest absolute Gasteiger partial charge is 0.340 e. The Morgan fingerprint density at radius 1 is 1.36 bits per heavy atom. The van der Waals surface area contributed by atoms with Gasteiger partial charge in [-0.25, -0.2) is 4.79 Å². The van der Waals surface area contributed by atoms with E-state index in [0.717, 1.165) is 17.0 Å². The summed E-state index contributed by atoms with van der Waals surface area (Å²) in [6.07, 6.45) is 0. The molecule has 0 saturated carbocycles. The van der Waals surface area contributed by atoms with Gasteiger partial charge in [0.1, 0.15) is 5.75 Å². The topological polar surface area (TPSA) is 77.5 Å². The summed E-state index contributed by atoms with van der Waals surface area (Å²) >= 11 is 0. The number of halogens is 1. The normalized spacial score (nSPS) is 10.2. The second-order valence-electron chi connectivity index (χ2n) is 4.96. The van der Waals surface area contributed by atoms with Gasteiger partial charge in [0.25, 0.3) is 0 Å². The highest BCUT2D eigenvalue weighted by Gasteiger charge is 2.24. The van der Waals surface area contributed by atoms with Crippen LogP contribution in [0.3, 0.4) is 0 Å². The predicted octanol–water partition coefficient (Wildman–Crippen LogP) is 3.35. The fourth-order valence-corrected chi connectivity index (χ4v) is 2.62. The molecule has 3 N–H and O–H groups in total. The molecule has 1 heterocycles. The number of para-hydroxylation sites is 1. The van der Waals surface area contributed by atoms with Crippen LogP contribution in [-0.2, 0) is 11.8 Å². The number of carbonyl (C=O) groups is 1. The molecule has 5 nitrogen and oxygen atoms in total. The Bertz CT molecular complexity index is 708. The van der Waals surface area contributed by atoms with Crippen LogP contribution in [0.5, 0.6) is 5.75 Å². The molecule has 0 radical (unpaired) electrons. The molecule has 0 aliphatic carbocycles. The first-order chi connectivity index (χ1) is 9.90. The second kappa shape index (κ2) is 6.87. The van der Waals surface area contributed by atoms with E-state index in [2.05, 4.69) is 0 Å². The van der Waals surface area contributed by atoms with Gasteiger partial charge < -0.3 is 20.1 Å². The second-order valence-corrected chi connectivity index (χ2v) is 4.96. The Kier molecular flexibility index (Phi) is 5.65. The number of carbonyl (C=O) groups excluding carboxylic acids is 1. The average molecular weight is 369 g/mol. The SMILES string of the molecule is Br.CCOC(=O)c1c(C)c(-c2cccc(N)c2O)n(C)c1C. The van der Waals surface area contributed by atoms with Gasteiger partial charge in [0.15, 0.2) is 0 Å². The number of ether oxygens (including phenoxy) is 1. The highest BCUT2D eigenvalue weighted by molar-refractivity contribution is 8.93. The van der Waals surface area contributed by atoms with Crippen LogP contribution in [0.2, 0.25) is 0 Å². The minimum atomic E-state index is -0.349. The highest BCUT2D eigenvalue weighted by Crippen LogP contribution is 2.38. The average Bonchev–Trinajstić information content (AvgIpc) is 2.65. The van der Waals surface area contributed by atoms with Crippen LogP contribution in [-0.4, -0.2) is 22.2 Å². The number of phenols is 1. The van der Waals surface area contributed by atoms with E-state index in [0.29, 0.717) is 23.4 Å². The Morgan fingerprint density at radius 3 is 2.59 bits per heavy atom. The number of rotatable bonds is 3. The largest absolute Gasteiger partial charge is 0.505 e. The summed E-state index contributed by atoms with van der Waals surface area (Å²) < 4.78 is 6.98. The summed E-state index contributed by atoms with van der Waals surface area (Å²) in [5.41, 5.74) is 9.54. The molecule has 0 spiro atoms. The van der Waals surface area contributed by atoms with Gasteiger partial charge in [-0.1, -0.05) is 6.07 Å². The number of nitrogens with zero attached hydrogens (tertiary/aromatic N) is 1. The number of aromatic hydroxyl groups is 1. The van der Waals surface area contributed by atoms with Crippen LogP contribution in [0.1, 0.15) is 28.5 Å². The monoisotopic (exact) mass is 368 g/mol. The predicted molar refractivity (Wildman–Crippen MR) is 92.7 cm³/mol. The van der Waals surface area contributed by atoms with Crippen molar-refractivity contribution in [3.63, 3.8) is 0 Å². The third kappa shape index (κ3) is 2.83. The van der Waals surface area contributed by atoms with E-state index < -0.39 is 0 Å².